The molecule has 0 spiro atoms. The van der Waals surface area contributed by atoms with Crippen molar-refractivity contribution in [3.05, 3.63) is 12.5 Å². The summed E-state index contributed by atoms with van der Waals surface area (Å²) in [5.41, 5.74) is -0.232. The third-order valence-electron chi connectivity index (χ3n) is 2.14. The molecule has 1 heterocycles. The van der Waals surface area contributed by atoms with E-state index in [2.05, 4.69) is 14.7 Å². The minimum Gasteiger partial charge on any atom is -0.335 e. The Kier molecular flexibility index (Phi) is 1.71. The molecular weight excluding hydrogens is 190 g/mol. The lowest BCUT2D eigenvalue weighted by Crippen LogP contribution is -2.34. The lowest BCUT2D eigenvalue weighted by Gasteiger charge is -2.09. The van der Waals surface area contributed by atoms with Crippen molar-refractivity contribution in [3.63, 3.8) is 0 Å². The van der Waals surface area contributed by atoms with Gasteiger partial charge in [0.1, 0.15) is 0 Å². The summed E-state index contributed by atoms with van der Waals surface area (Å²) in [5, 5.41) is 0.126. The lowest BCUT2D eigenvalue weighted by atomic mass is 10.4. The molecule has 0 radical (unpaired) electrons. The van der Waals surface area contributed by atoms with Crippen molar-refractivity contribution < 1.29 is 8.42 Å². The molecule has 0 aromatic carbocycles. The van der Waals surface area contributed by atoms with E-state index in [0.717, 1.165) is 12.8 Å². The second kappa shape index (κ2) is 2.55. The number of hydrogen-bond donors (Lipinski definition) is 2. The van der Waals surface area contributed by atoms with Crippen molar-refractivity contribution in [1.82, 2.24) is 14.7 Å². The van der Waals surface area contributed by atoms with Crippen LogP contribution in [0.4, 0.5) is 0 Å². The minimum atomic E-state index is -3.38. The Balaban J connectivity index is 2.22. The van der Waals surface area contributed by atoms with Gasteiger partial charge in [-0.05, 0) is 19.8 Å². The first-order valence-corrected chi connectivity index (χ1v) is 5.53. The number of rotatable bonds is 3. The predicted molar refractivity (Wildman–Crippen MR) is 46.5 cm³/mol. The molecule has 5 nitrogen and oxygen atoms in total. The topological polar surface area (TPSA) is 74.8 Å². The maximum Gasteiger partial charge on any atom is 0.258 e. The van der Waals surface area contributed by atoms with E-state index in [0.29, 0.717) is 0 Å². The van der Waals surface area contributed by atoms with E-state index in [1.807, 2.05) is 6.92 Å². The Labute approximate surface area is 76.6 Å². The highest BCUT2D eigenvalue weighted by Gasteiger charge is 2.41. The van der Waals surface area contributed by atoms with Crippen LogP contribution in [0.1, 0.15) is 19.8 Å². The van der Waals surface area contributed by atoms with Gasteiger partial charge in [0.15, 0.2) is 5.03 Å². The van der Waals surface area contributed by atoms with Gasteiger partial charge in [-0.1, -0.05) is 0 Å². The van der Waals surface area contributed by atoms with Crippen LogP contribution in [0, 0.1) is 0 Å². The molecule has 0 aliphatic heterocycles. The number of hydrogen-bond acceptors (Lipinski definition) is 3. The molecule has 1 aromatic heterocycles. The summed E-state index contributed by atoms with van der Waals surface area (Å²) in [7, 11) is -3.38. The third-order valence-corrected chi connectivity index (χ3v) is 3.71. The molecule has 0 unspecified atom stereocenters. The van der Waals surface area contributed by atoms with Crippen LogP contribution in [0.25, 0.3) is 0 Å². The third kappa shape index (κ3) is 1.73. The fourth-order valence-corrected chi connectivity index (χ4v) is 2.43. The average molecular weight is 201 g/mol. The molecule has 2 rings (SSSR count). The van der Waals surface area contributed by atoms with Gasteiger partial charge in [0, 0.05) is 5.54 Å². The maximum atomic E-state index is 11.6. The van der Waals surface area contributed by atoms with E-state index in [1.54, 1.807) is 0 Å². The van der Waals surface area contributed by atoms with Gasteiger partial charge in [0.2, 0.25) is 0 Å². The fraction of sp³-hybridized carbons (Fsp3) is 0.571. The molecule has 0 atom stereocenters. The zero-order valence-electron chi connectivity index (χ0n) is 7.24. The van der Waals surface area contributed by atoms with Gasteiger partial charge in [-0.25, -0.2) is 18.1 Å². The number of sulfonamides is 1. The van der Waals surface area contributed by atoms with Crippen molar-refractivity contribution in [1.29, 1.82) is 0 Å². The normalized spacial score (nSPS) is 20.1. The molecule has 1 aliphatic rings. The van der Waals surface area contributed by atoms with Crippen LogP contribution < -0.4 is 4.72 Å². The van der Waals surface area contributed by atoms with Crippen LogP contribution in [0.3, 0.4) is 0 Å². The Morgan fingerprint density at radius 3 is 2.77 bits per heavy atom. The molecule has 13 heavy (non-hydrogen) atoms. The molecule has 72 valence electrons. The van der Waals surface area contributed by atoms with Crippen LogP contribution in [0.5, 0.6) is 0 Å². The maximum absolute atomic E-state index is 11.6. The van der Waals surface area contributed by atoms with Crippen molar-refractivity contribution in [2.45, 2.75) is 30.3 Å². The molecule has 1 aliphatic carbocycles. The zero-order valence-corrected chi connectivity index (χ0v) is 8.06. The summed E-state index contributed by atoms with van der Waals surface area (Å²) in [6.45, 7) is 1.89. The van der Waals surface area contributed by atoms with Gasteiger partial charge in [-0.2, -0.15) is 0 Å². The van der Waals surface area contributed by atoms with Gasteiger partial charge in [-0.15, -0.1) is 0 Å². The van der Waals surface area contributed by atoms with Crippen LogP contribution >= 0.6 is 0 Å². The first kappa shape index (κ1) is 8.71. The number of H-pyrrole nitrogens is 1. The molecule has 1 fully saturated rings. The minimum absolute atomic E-state index is 0.126. The standard InChI is InChI=1S/C7H11N3O2S/c1-7(2-3-7)10-13(11,12)6-4-8-5-9-6/h4-5,10H,2-3H2,1H3,(H,8,9). The molecule has 1 aromatic rings. The summed E-state index contributed by atoms with van der Waals surface area (Å²) in [6, 6.07) is 0. The number of imidazole rings is 1. The predicted octanol–water partition coefficient (Wildman–Crippen LogP) is 0.240. The number of nitrogens with one attached hydrogen (secondary N) is 2. The monoisotopic (exact) mass is 201 g/mol. The summed E-state index contributed by atoms with van der Waals surface area (Å²) in [6.07, 6.45) is 4.46. The molecule has 0 saturated heterocycles. The highest BCUT2D eigenvalue weighted by molar-refractivity contribution is 7.89. The van der Waals surface area contributed by atoms with Gasteiger partial charge >= 0.3 is 0 Å². The van der Waals surface area contributed by atoms with Crippen molar-refractivity contribution in [2.75, 3.05) is 0 Å². The molecule has 0 amide bonds. The second-order valence-electron chi connectivity index (χ2n) is 3.58. The smallest absolute Gasteiger partial charge is 0.258 e. The molecule has 1 saturated carbocycles. The van der Waals surface area contributed by atoms with Crippen LogP contribution in [0.2, 0.25) is 0 Å². The number of aromatic amines is 1. The Morgan fingerprint density at radius 2 is 2.31 bits per heavy atom. The van der Waals surface area contributed by atoms with E-state index in [-0.39, 0.29) is 10.6 Å². The Bertz CT molecular complexity index is 391. The van der Waals surface area contributed by atoms with Crippen molar-refractivity contribution >= 4 is 10.0 Å². The first-order valence-electron chi connectivity index (χ1n) is 4.04. The fourth-order valence-electron chi connectivity index (χ4n) is 1.06. The Morgan fingerprint density at radius 1 is 1.62 bits per heavy atom. The zero-order chi connectivity index (χ0) is 9.53. The highest BCUT2D eigenvalue weighted by atomic mass is 32.2. The summed E-state index contributed by atoms with van der Waals surface area (Å²) >= 11 is 0. The molecule has 2 N–H and O–H groups in total. The van der Waals surface area contributed by atoms with Gasteiger partial charge in [0.05, 0.1) is 12.5 Å². The molecular formula is C7H11N3O2S. The summed E-state index contributed by atoms with van der Waals surface area (Å²) in [4.78, 5) is 6.23. The largest absolute Gasteiger partial charge is 0.335 e. The van der Waals surface area contributed by atoms with E-state index in [1.165, 1.54) is 12.5 Å². The summed E-state index contributed by atoms with van der Waals surface area (Å²) < 4.78 is 25.7. The molecule has 6 heteroatoms. The van der Waals surface area contributed by atoms with Crippen molar-refractivity contribution in [3.8, 4) is 0 Å². The van der Waals surface area contributed by atoms with E-state index in [9.17, 15) is 8.42 Å². The van der Waals surface area contributed by atoms with Gasteiger partial charge in [-0.3, -0.25) is 0 Å². The van der Waals surface area contributed by atoms with Gasteiger partial charge < -0.3 is 4.98 Å². The number of aromatic nitrogens is 2. The van der Waals surface area contributed by atoms with E-state index in [4.69, 9.17) is 0 Å². The molecule has 0 bridgehead atoms. The van der Waals surface area contributed by atoms with Gasteiger partial charge in [0.25, 0.3) is 10.0 Å². The SMILES string of the molecule is CC1(NS(=O)(=O)c2cnc[nH]2)CC1. The number of nitrogens with zero attached hydrogens (tertiary/aromatic N) is 1. The van der Waals surface area contributed by atoms with E-state index >= 15 is 0 Å². The van der Waals surface area contributed by atoms with Crippen LogP contribution in [-0.2, 0) is 10.0 Å². The van der Waals surface area contributed by atoms with E-state index < -0.39 is 10.0 Å². The first-order chi connectivity index (χ1) is 6.02. The highest BCUT2D eigenvalue weighted by Crippen LogP contribution is 2.35. The quantitative estimate of drug-likeness (QED) is 0.735. The van der Waals surface area contributed by atoms with Crippen LogP contribution in [-0.4, -0.2) is 23.9 Å². The second-order valence-corrected chi connectivity index (χ2v) is 5.23. The average Bonchev–Trinajstić information content (AvgIpc) is 2.53. The lowest BCUT2D eigenvalue weighted by molar-refractivity contribution is 0.555. The Hall–Kier alpha value is -0.880. The van der Waals surface area contributed by atoms with Crippen molar-refractivity contribution in [2.24, 2.45) is 0 Å². The summed E-state index contributed by atoms with van der Waals surface area (Å²) in [5.74, 6) is 0. The van der Waals surface area contributed by atoms with Crippen LogP contribution in [0.15, 0.2) is 17.6 Å².